The number of anilines is 1. The monoisotopic (exact) mass is 336 g/mol. The first kappa shape index (κ1) is 15.3. The van der Waals surface area contributed by atoms with Gasteiger partial charge in [0.15, 0.2) is 5.82 Å². The van der Waals surface area contributed by atoms with Gasteiger partial charge in [-0.15, -0.1) is 0 Å². The van der Waals surface area contributed by atoms with Crippen molar-refractivity contribution in [1.82, 2.24) is 14.7 Å². The lowest BCUT2D eigenvalue weighted by atomic mass is 10.1. The van der Waals surface area contributed by atoms with Crippen molar-refractivity contribution in [3.05, 3.63) is 64.9 Å². The number of amides is 1. The summed E-state index contributed by atoms with van der Waals surface area (Å²) in [5.41, 5.74) is 2.70. The lowest BCUT2D eigenvalue weighted by Crippen LogP contribution is -2.39. The number of nitrogens with zero attached hydrogens (tertiary/aromatic N) is 4. The average Bonchev–Trinajstić information content (AvgIpc) is 3.15. The quantitative estimate of drug-likeness (QED) is 0.729. The van der Waals surface area contributed by atoms with Crippen molar-refractivity contribution in [3.63, 3.8) is 0 Å². The fourth-order valence-electron chi connectivity index (χ4n) is 3.27. The normalized spacial score (nSPS) is 16.0. The van der Waals surface area contributed by atoms with Crippen LogP contribution in [0.5, 0.6) is 0 Å². The third kappa shape index (κ3) is 2.63. The Morgan fingerprint density at radius 1 is 1.24 bits per heavy atom. The van der Waals surface area contributed by atoms with Crippen molar-refractivity contribution in [2.75, 3.05) is 4.90 Å². The van der Waals surface area contributed by atoms with Crippen molar-refractivity contribution in [3.8, 4) is 11.4 Å². The van der Waals surface area contributed by atoms with Gasteiger partial charge in [0.05, 0.1) is 0 Å². The molecule has 2 aromatic heterocycles. The number of pyridine rings is 1. The summed E-state index contributed by atoms with van der Waals surface area (Å²) in [5.74, 6) is -0.501. The second-order valence-corrected chi connectivity index (χ2v) is 6.04. The molecule has 7 heteroatoms. The minimum absolute atomic E-state index is 0.0461. The third-order valence-corrected chi connectivity index (χ3v) is 4.39. The molecule has 0 unspecified atom stereocenters. The Labute approximate surface area is 143 Å². The number of hydrogen-bond donors (Lipinski definition) is 0. The van der Waals surface area contributed by atoms with Crippen LogP contribution in [0.2, 0.25) is 0 Å². The second-order valence-electron chi connectivity index (χ2n) is 6.04. The van der Waals surface area contributed by atoms with Crippen LogP contribution in [0.25, 0.3) is 11.4 Å². The maximum Gasteiger partial charge on any atom is 0.442 e. The fraction of sp³-hybridized carbons (Fsp3) is 0.222. The predicted octanol–water partition coefficient (Wildman–Crippen LogP) is 1.88. The Hall–Kier alpha value is -3.22. The molecule has 1 aliphatic rings. The van der Waals surface area contributed by atoms with Gasteiger partial charge >= 0.3 is 5.76 Å². The molecule has 1 amide bonds. The van der Waals surface area contributed by atoms with Crippen LogP contribution in [0, 0.1) is 0 Å². The van der Waals surface area contributed by atoms with E-state index in [1.54, 1.807) is 29.4 Å². The zero-order valence-electron chi connectivity index (χ0n) is 13.6. The number of fused-ring (bicyclic) bond motifs is 1. The van der Waals surface area contributed by atoms with Gasteiger partial charge in [0, 0.05) is 29.7 Å². The highest BCUT2D eigenvalue weighted by molar-refractivity contribution is 5.96. The van der Waals surface area contributed by atoms with Crippen molar-refractivity contribution in [1.29, 1.82) is 0 Å². The summed E-state index contributed by atoms with van der Waals surface area (Å²) in [5, 5.41) is 3.81. The first-order valence-corrected chi connectivity index (χ1v) is 8.02. The van der Waals surface area contributed by atoms with E-state index in [9.17, 15) is 9.59 Å². The minimum atomic E-state index is -0.653. The molecule has 0 aliphatic carbocycles. The maximum atomic E-state index is 12.9. The smallest absolute Gasteiger partial charge is 0.307 e. The molecule has 1 aliphatic heterocycles. The highest BCUT2D eigenvalue weighted by Gasteiger charge is 2.31. The van der Waals surface area contributed by atoms with Crippen LogP contribution >= 0.6 is 0 Å². The van der Waals surface area contributed by atoms with Crippen LogP contribution in [0.1, 0.15) is 12.5 Å². The number of para-hydroxylation sites is 1. The topological polar surface area (TPSA) is 81.2 Å². The van der Waals surface area contributed by atoms with E-state index in [-0.39, 0.29) is 18.5 Å². The Kier molecular flexibility index (Phi) is 3.68. The van der Waals surface area contributed by atoms with Gasteiger partial charge in [-0.2, -0.15) is 0 Å². The number of carbonyl (C=O) groups excluding carboxylic acids is 1. The van der Waals surface area contributed by atoms with Crippen molar-refractivity contribution in [2.24, 2.45) is 0 Å². The molecule has 7 nitrogen and oxygen atoms in total. The van der Waals surface area contributed by atoms with Gasteiger partial charge in [0.1, 0.15) is 6.54 Å². The predicted molar refractivity (Wildman–Crippen MR) is 91.1 cm³/mol. The number of aromatic nitrogens is 3. The van der Waals surface area contributed by atoms with Crippen LogP contribution in [0.15, 0.2) is 58.1 Å². The molecular formula is C18H16N4O3. The standard InChI is InChI=1S/C18H16N4O3/c1-12-10-14-4-2-3-5-15(14)22(12)16(23)11-21-17(20-25-18(21)24)13-6-8-19-9-7-13/h2-9,12H,10-11H2,1H3/t12-/m0/s1. The van der Waals surface area contributed by atoms with E-state index in [0.717, 1.165) is 17.7 Å². The SMILES string of the molecule is C[C@H]1Cc2ccccc2N1C(=O)Cn1c(-c2ccncc2)noc1=O. The summed E-state index contributed by atoms with van der Waals surface area (Å²) in [6.45, 7) is 1.87. The molecule has 0 N–H and O–H groups in total. The van der Waals surface area contributed by atoms with E-state index in [2.05, 4.69) is 10.1 Å². The third-order valence-electron chi connectivity index (χ3n) is 4.39. The Balaban J connectivity index is 1.67. The van der Waals surface area contributed by atoms with Gasteiger partial charge in [0.2, 0.25) is 5.91 Å². The molecule has 0 spiro atoms. The van der Waals surface area contributed by atoms with E-state index < -0.39 is 5.76 Å². The molecule has 0 radical (unpaired) electrons. The highest BCUT2D eigenvalue weighted by atomic mass is 16.5. The van der Waals surface area contributed by atoms with Gasteiger partial charge in [-0.3, -0.25) is 14.3 Å². The molecule has 0 saturated heterocycles. The van der Waals surface area contributed by atoms with E-state index in [1.165, 1.54) is 4.57 Å². The summed E-state index contributed by atoms with van der Waals surface area (Å²) in [4.78, 5) is 30.6. The van der Waals surface area contributed by atoms with E-state index in [0.29, 0.717) is 11.4 Å². The van der Waals surface area contributed by atoms with Crippen LogP contribution in [0.4, 0.5) is 5.69 Å². The van der Waals surface area contributed by atoms with Crippen LogP contribution in [0.3, 0.4) is 0 Å². The van der Waals surface area contributed by atoms with Gasteiger partial charge in [-0.25, -0.2) is 9.36 Å². The molecule has 0 bridgehead atoms. The minimum Gasteiger partial charge on any atom is -0.307 e. The maximum absolute atomic E-state index is 12.9. The van der Waals surface area contributed by atoms with Gasteiger partial charge in [-0.05, 0) is 37.1 Å². The van der Waals surface area contributed by atoms with Crippen molar-refractivity contribution in [2.45, 2.75) is 25.9 Å². The van der Waals surface area contributed by atoms with Crippen LogP contribution in [-0.2, 0) is 17.8 Å². The molecule has 3 aromatic rings. The van der Waals surface area contributed by atoms with Crippen molar-refractivity contribution < 1.29 is 9.32 Å². The first-order valence-electron chi connectivity index (χ1n) is 8.02. The summed E-state index contributed by atoms with van der Waals surface area (Å²) in [6, 6.07) is 11.3. The molecule has 1 aromatic carbocycles. The van der Waals surface area contributed by atoms with Gasteiger partial charge in [0.25, 0.3) is 0 Å². The van der Waals surface area contributed by atoms with Gasteiger partial charge < -0.3 is 4.90 Å². The van der Waals surface area contributed by atoms with E-state index >= 15 is 0 Å². The van der Waals surface area contributed by atoms with Crippen LogP contribution in [-0.4, -0.2) is 26.7 Å². The zero-order chi connectivity index (χ0) is 17.4. The highest BCUT2D eigenvalue weighted by Crippen LogP contribution is 2.32. The zero-order valence-corrected chi connectivity index (χ0v) is 13.6. The first-order chi connectivity index (χ1) is 12.1. The van der Waals surface area contributed by atoms with E-state index in [4.69, 9.17) is 4.52 Å². The number of carbonyl (C=O) groups is 1. The van der Waals surface area contributed by atoms with Crippen LogP contribution < -0.4 is 10.7 Å². The second kappa shape index (κ2) is 6.01. The Morgan fingerprint density at radius 2 is 2.00 bits per heavy atom. The molecular weight excluding hydrogens is 320 g/mol. The fourth-order valence-corrected chi connectivity index (χ4v) is 3.27. The lowest BCUT2D eigenvalue weighted by Gasteiger charge is -2.22. The molecule has 126 valence electrons. The number of benzene rings is 1. The molecule has 1 atom stereocenters. The summed E-state index contributed by atoms with van der Waals surface area (Å²) in [6.07, 6.45) is 4.00. The Morgan fingerprint density at radius 3 is 2.80 bits per heavy atom. The number of rotatable bonds is 3. The largest absolute Gasteiger partial charge is 0.442 e. The Bertz CT molecular complexity index is 977. The summed E-state index contributed by atoms with van der Waals surface area (Å²) >= 11 is 0. The summed E-state index contributed by atoms with van der Waals surface area (Å²) in [7, 11) is 0. The van der Waals surface area contributed by atoms with E-state index in [1.807, 2.05) is 31.2 Å². The van der Waals surface area contributed by atoms with Crippen molar-refractivity contribution >= 4 is 11.6 Å². The lowest BCUT2D eigenvalue weighted by molar-refractivity contribution is -0.119. The molecule has 0 saturated carbocycles. The summed E-state index contributed by atoms with van der Waals surface area (Å²) < 4.78 is 6.03. The van der Waals surface area contributed by atoms with Gasteiger partial charge in [-0.1, -0.05) is 23.4 Å². The molecule has 3 heterocycles. The molecule has 0 fully saturated rings. The molecule has 25 heavy (non-hydrogen) atoms. The average molecular weight is 336 g/mol. The number of hydrogen-bond acceptors (Lipinski definition) is 5. The molecule has 4 rings (SSSR count).